The average Bonchev–Trinajstić information content (AvgIpc) is 2.82. The Morgan fingerprint density at radius 2 is 1.84 bits per heavy atom. The molecule has 0 saturated heterocycles. The van der Waals surface area contributed by atoms with Gasteiger partial charge in [0.15, 0.2) is 0 Å². The number of hydrogen-bond acceptors (Lipinski definition) is 6. The average molecular weight is 515 g/mol. The first kappa shape index (κ1) is 27.2. The molecule has 0 bridgehead atoms. The molecule has 2 aromatic carbocycles. The molecule has 2 amide bonds. The molecule has 9 nitrogen and oxygen atoms in total. The summed E-state index contributed by atoms with van der Waals surface area (Å²) in [6.07, 6.45) is -4.66. The Bertz CT molecular complexity index is 1280. The highest BCUT2D eigenvalue weighted by Crippen LogP contribution is 2.41. The normalized spacial score (nSPS) is 16.2. The molecule has 1 heterocycles. The van der Waals surface area contributed by atoms with E-state index in [2.05, 4.69) is 0 Å². The molecule has 12 heteroatoms. The molecule has 1 atom stereocenters. The van der Waals surface area contributed by atoms with Crippen molar-refractivity contribution in [3.8, 4) is 6.07 Å². The fourth-order valence-corrected chi connectivity index (χ4v) is 3.92. The first-order chi connectivity index (χ1) is 17.4. The lowest BCUT2D eigenvalue weighted by molar-refractivity contribution is -0.140. The van der Waals surface area contributed by atoms with Gasteiger partial charge in [0.05, 0.1) is 22.8 Å². The molecule has 2 aromatic rings. The van der Waals surface area contributed by atoms with E-state index in [4.69, 9.17) is 21.1 Å². The molecule has 0 fully saturated rings. The van der Waals surface area contributed by atoms with Crippen LogP contribution >= 0.6 is 0 Å². The number of anilines is 1. The summed E-state index contributed by atoms with van der Waals surface area (Å²) in [5, 5.41) is 17.9. The van der Waals surface area contributed by atoms with E-state index in [1.54, 1.807) is 19.0 Å². The van der Waals surface area contributed by atoms with E-state index in [1.807, 2.05) is 6.07 Å². The standard InChI is InChI=1S/C25H25F3N6O3/c1-15-20(22(35)37-12-11-32(2)3)21(17-9-7-16(14-29)8-10-17)34(24(31)36)23(30)33(15)19-6-4-5-18(13-19)25(26,27)28/h4-10,13,21,30H,11-12H2,1-3H3,(H2,31,36). The zero-order valence-electron chi connectivity index (χ0n) is 20.3. The van der Waals surface area contributed by atoms with E-state index in [0.717, 1.165) is 28.0 Å². The molecule has 0 aromatic heterocycles. The highest BCUT2D eigenvalue weighted by molar-refractivity contribution is 6.10. The molecule has 37 heavy (non-hydrogen) atoms. The number of allylic oxidation sites excluding steroid dienone is 1. The van der Waals surface area contributed by atoms with Crippen LogP contribution in [0.5, 0.6) is 0 Å². The summed E-state index contributed by atoms with van der Waals surface area (Å²) in [6, 6.07) is 9.78. The quantitative estimate of drug-likeness (QED) is 0.564. The van der Waals surface area contributed by atoms with E-state index in [-0.39, 0.29) is 23.6 Å². The van der Waals surface area contributed by atoms with Gasteiger partial charge in [-0.25, -0.2) is 9.59 Å². The molecule has 0 radical (unpaired) electrons. The molecule has 1 aliphatic rings. The number of guanidine groups is 1. The van der Waals surface area contributed by atoms with Crippen LogP contribution in [-0.4, -0.2) is 55.0 Å². The number of likely N-dealkylation sites (N-methyl/N-ethyl adjacent to an activating group) is 1. The van der Waals surface area contributed by atoms with E-state index in [9.17, 15) is 22.8 Å². The first-order valence-electron chi connectivity index (χ1n) is 11.0. The lowest BCUT2D eigenvalue weighted by Gasteiger charge is -2.43. The first-order valence-corrected chi connectivity index (χ1v) is 11.0. The highest BCUT2D eigenvalue weighted by atomic mass is 19.4. The number of nitriles is 1. The zero-order chi connectivity index (χ0) is 27.5. The molecule has 1 aliphatic heterocycles. The van der Waals surface area contributed by atoms with Crippen LogP contribution in [0.4, 0.5) is 23.7 Å². The lowest BCUT2D eigenvalue weighted by atomic mass is 9.92. The molecule has 3 rings (SSSR count). The maximum atomic E-state index is 13.4. The molecule has 0 spiro atoms. The molecule has 194 valence electrons. The fourth-order valence-electron chi connectivity index (χ4n) is 3.92. The van der Waals surface area contributed by atoms with Crippen molar-refractivity contribution in [2.45, 2.75) is 19.1 Å². The van der Waals surface area contributed by atoms with Gasteiger partial charge in [0.2, 0.25) is 5.96 Å². The van der Waals surface area contributed by atoms with Crippen molar-refractivity contribution in [2.75, 3.05) is 32.1 Å². The molecule has 0 aliphatic carbocycles. The number of halogens is 3. The smallest absolute Gasteiger partial charge is 0.416 e. The van der Waals surface area contributed by atoms with Gasteiger partial charge in [-0.3, -0.25) is 15.2 Å². The Labute approximate surface area is 211 Å². The SMILES string of the molecule is CC1=C(C(=O)OCCN(C)C)C(c2ccc(C#N)cc2)N(C(N)=O)C(=N)N1c1cccc(C(F)(F)F)c1. The summed E-state index contributed by atoms with van der Waals surface area (Å²) < 4.78 is 45.7. The van der Waals surface area contributed by atoms with Gasteiger partial charge in [0.25, 0.3) is 0 Å². The van der Waals surface area contributed by atoms with Gasteiger partial charge in [-0.1, -0.05) is 18.2 Å². The molecule has 3 N–H and O–H groups in total. The maximum Gasteiger partial charge on any atom is 0.416 e. The molecule has 1 unspecified atom stereocenters. The van der Waals surface area contributed by atoms with Crippen LogP contribution in [0.1, 0.15) is 29.7 Å². The minimum absolute atomic E-state index is 0.000278. The number of carbonyl (C=O) groups is 2. The zero-order valence-corrected chi connectivity index (χ0v) is 20.3. The van der Waals surface area contributed by atoms with Crippen LogP contribution in [-0.2, 0) is 15.7 Å². The summed E-state index contributed by atoms with van der Waals surface area (Å²) >= 11 is 0. The third kappa shape index (κ3) is 5.73. The summed E-state index contributed by atoms with van der Waals surface area (Å²) in [4.78, 5) is 29.6. The number of nitrogens with two attached hydrogens (primary N) is 1. The van der Waals surface area contributed by atoms with Gasteiger partial charge >= 0.3 is 18.2 Å². The number of primary amides is 1. The largest absolute Gasteiger partial charge is 0.461 e. The van der Waals surface area contributed by atoms with E-state index >= 15 is 0 Å². The monoisotopic (exact) mass is 514 g/mol. The van der Waals surface area contributed by atoms with E-state index in [0.29, 0.717) is 17.7 Å². The van der Waals surface area contributed by atoms with Gasteiger partial charge in [0.1, 0.15) is 12.6 Å². The number of hydrogen-bond donors (Lipinski definition) is 2. The van der Waals surface area contributed by atoms with Gasteiger partial charge in [0, 0.05) is 17.9 Å². The number of rotatable bonds is 6. The third-order valence-electron chi connectivity index (χ3n) is 5.71. The second-order valence-corrected chi connectivity index (χ2v) is 8.49. The predicted molar refractivity (Wildman–Crippen MR) is 129 cm³/mol. The summed E-state index contributed by atoms with van der Waals surface area (Å²) in [5.74, 6) is -1.38. The summed E-state index contributed by atoms with van der Waals surface area (Å²) in [6.45, 7) is 1.85. The van der Waals surface area contributed by atoms with E-state index in [1.165, 1.54) is 37.3 Å². The Kier molecular flexibility index (Phi) is 7.88. The van der Waals surface area contributed by atoms with Crippen LogP contribution in [0.25, 0.3) is 0 Å². The number of carbonyl (C=O) groups excluding carboxylic acids is 2. The number of urea groups is 1. The third-order valence-corrected chi connectivity index (χ3v) is 5.71. The van der Waals surface area contributed by atoms with Crippen LogP contribution in [0.2, 0.25) is 0 Å². The number of esters is 1. The van der Waals surface area contributed by atoms with Gasteiger partial charge < -0.3 is 15.4 Å². The second-order valence-electron chi connectivity index (χ2n) is 8.49. The number of nitrogens with one attached hydrogen (secondary N) is 1. The van der Waals surface area contributed by atoms with Crippen molar-refractivity contribution in [2.24, 2.45) is 5.73 Å². The van der Waals surface area contributed by atoms with Crippen LogP contribution in [0.15, 0.2) is 59.8 Å². The van der Waals surface area contributed by atoms with Crippen LogP contribution in [0, 0.1) is 16.7 Å². The molecular weight excluding hydrogens is 489 g/mol. The van der Waals surface area contributed by atoms with Crippen molar-refractivity contribution in [3.05, 3.63) is 76.5 Å². The van der Waals surface area contributed by atoms with Crippen LogP contribution in [0.3, 0.4) is 0 Å². The number of alkyl halides is 3. The summed E-state index contributed by atoms with van der Waals surface area (Å²) in [7, 11) is 3.56. The number of nitrogens with zero attached hydrogens (tertiary/aromatic N) is 4. The van der Waals surface area contributed by atoms with Gasteiger partial charge in [-0.15, -0.1) is 0 Å². The van der Waals surface area contributed by atoms with Crippen molar-refractivity contribution in [3.63, 3.8) is 0 Å². The Morgan fingerprint density at radius 1 is 1.19 bits per heavy atom. The Hall–Kier alpha value is -4.37. The Morgan fingerprint density at radius 3 is 2.38 bits per heavy atom. The van der Waals surface area contributed by atoms with Gasteiger partial charge in [-0.2, -0.15) is 18.4 Å². The van der Waals surface area contributed by atoms with Crippen LogP contribution < -0.4 is 10.6 Å². The number of amides is 2. The lowest BCUT2D eigenvalue weighted by Crippen LogP contribution is -2.55. The van der Waals surface area contributed by atoms with Gasteiger partial charge in [-0.05, 0) is 56.9 Å². The number of ether oxygens (including phenoxy) is 1. The fraction of sp³-hybridized carbons (Fsp3) is 0.280. The molecule has 0 saturated carbocycles. The minimum atomic E-state index is -4.66. The number of benzene rings is 2. The van der Waals surface area contributed by atoms with E-state index < -0.39 is 35.7 Å². The van der Waals surface area contributed by atoms with Crippen molar-refractivity contribution in [1.29, 1.82) is 10.7 Å². The summed E-state index contributed by atoms with van der Waals surface area (Å²) in [5.41, 5.74) is 5.24. The topological polar surface area (TPSA) is 127 Å². The Balaban J connectivity index is 2.23. The second kappa shape index (κ2) is 10.7. The van der Waals surface area contributed by atoms with Crippen molar-refractivity contribution >= 4 is 23.6 Å². The van der Waals surface area contributed by atoms with Crippen molar-refractivity contribution < 1.29 is 27.5 Å². The highest BCUT2D eigenvalue weighted by Gasteiger charge is 2.44. The maximum absolute atomic E-state index is 13.4. The molecular formula is C25H25F3N6O3. The minimum Gasteiger partial charge on any atom is -0.461 e. The van der Waals surface area contributed by atoms with Crippen molar-refractivity contribution in [1.82, 2.24) is 9.80 Å². The predicted octanol–water partition coefficient (Wildman–Crippen LogP) is 3.83.